The Morgan fingerprint density at radius 3 is 2.04 bits per heavy atom. The molecule has 4 nitrogen and oxygen atoms in total. The first-order chi connectivity index (χ1) is 12.3. The van der Waals surface area contributed by atoms with Gasteiger partial charge in [-0.3, -0.25) is 9.59 Å². The lowest BCUT2D eigenvalue weighted by molar-refractivity contribution is -0.120. The average Bonchev–Trinajstić information content (AvgIpc) is 2.78. The Morgan fingerprint density at radius 2 is 1.50 bits per heavy atom. The van der Waals surface area contributed by atoms with Crippen LogP contribution in [0, 0.1) is 13.8 Å². The Labute approximate surface area is 158 Å². The molecule has 1 aliphatic heterocycles. The molecule has 1 N–H and O–H groups in total. The summed E-state index contributed by atoms with van der Waals surface area (Å²) in [6, 6.07) is 13.3. The van der Waals surface area contributed by atoms with E-state index in [0.717, 1.165) is 16.0 Å². The quantitative estimate of drug-likeness (QED) is 0.784. The maximum atomic E-state index is 12.8. The molecular formula is C21H21ClN2O2. The molecule has 5 heteroatoms. The highest BCUT2D eigenvalue weighted by atomic mass is 35.5. The van der Waals surface area contributed by atoms with E-state index in [-0.39, 0.29) is 10.7 Å². The summed E-state index contributed by atoms with van der Waals surface area (Å²) in [6.07, 6.45) is 0. The van der Waals surface area contributed by atoms with E-state index < -0.39 is 11.8 Å². The van der Waals surface area contributed by atoms with Gasteiger partial charge in [0.05, 0.1) is 5.69 Å². The summed E-state index contributed by atoms with van der Waals surface area (Å²) >= 11 is 6.18. The van der Waals surface area contributed by atoms with Gasteiger partial charge in [-0.1, -0.05) is 43.6 Å². The van der Waals surface area contributed by atoms with Crippen LogP contribution in [0.5, 0.6) is 0 Å². The Bertz CT molecular complexity index is 894. The number of carbonyl (C=O) groups excluding carboxylic acids is 2. The molecule has 1 heterocycles. The maximum absolute atomic E-state index is 12.8. The van der Waals surface area contributed by atoms with Gasteiger partial charge in [-0.05, 0) is 60.7 Å². The lowest BCUT2D eigenvalue weighted by Crippen LogP contribution is -2.32. The molecule has 3 rings (SSSR count). The highest BCUT2D eigenvalue weighted by Gasteiger charge is 2.39. The van der Waals surface area contributed by atoms with Gasteiger partial charge < -0.3 is 5.32 Å². The summed E-state index contributed by atoms with van der Waals surface area (Å²) in [5, 5.41) is 2.91. The lowest BCUT2D eigenvalue weighted by Gasteiger charge is -2.16. The molecule has 134 valence electrons. The second-order valence-corrected chi connectivity index (χ2v) is 7.26. The minimum absolute atomic E-state index is 0.0953. The fourth-order valence-corrected chi connectivity index (χ4v) is 3.23. The van der Waals surface area contributed by atoms with E-state index in [4.69, 9.17) is 11.6 Å². The SMILES string of the molecule is Cc1cc(C)cc(N2C(=O)C(Cl)=C(Nc3ccc(C(C)C)cc3)C2=O)c1. The number of halogens is 1. The number of anilines is 2. The molecule has 0 saturated carbocycles. The first-order valence-corrected chi connectivity index (χ1v) is 8.89. The van der Waals surface area contributed by atoms with Crippen molar-refractivity contribution in [1.29, 1.82) is 0 Å². The largest absolute Gasteiger partial charge is 0.350 e. The van der Waals surface area contributed by atoms with Gasteiger partial charge in [-0.15, -0.1) is 0 Å². The smallest absolute Gasteiger partial charge is 0.283 e. The molecule has 0 aliphatic carbocycles. The van der Waals surface area contributed by atoms with Gasteiger partial charge in [0, 0.05) is 5.69 Å². The van der Waals surface area contributed by atoms with Crippen molar-refractivity contribution in [2.45, 2.75) is 33.6 Å². The van der Waals surface area contributed by atoms with E-state index in [1.54, 1.807) is 12.1 Å². The van der Waals surface area contributed by atoms with Crippen molar-refractivity contribution < 1.29 is 9.59 Å². The van der Waals surface area contributed by atoms with Crippen LogP contribution in [-0.2, 0) is 9.59 Å². The number of benzene rings is 2. The molecular weight excluding hydrogens is 348 g/mol. The minimum atomic E-state index is -0.511. The van der Waals surface area contributed by atoms with Gasteiger partial charge in [0.1, 0.15) is 10.7 Å². The molecule has 2 aromatic rings. The highest BCUT2D eigenvalue weighted by molar-refractivity contribution is 6.53. The molecule has 0 saturated heterocycles. The molecule has 0 aromatic heterocycles. The molecule has 0 bridgehead atoms. The molecule has 2 amide bonds. The number of nitrogens with zero attached hydrogens (tertiary/aromatic N) is 1. The van der Waals surface area contributed by atoms with Gasteiger partial charge in [0.25, 0.3) is 11.8 Å². The standard InChI is InChI=1S/C21H21ClN2O2/c1-12(2)15-5-7-16(8-6-15)23-19-18(22)20(25)24(21(19)26)17-10-13(3)9-14(4)11-17/h5-12,23H,1-4H3. The van der Waals surface area contributed by atoms with Crippen molar-refractivity contribution in [2.24, 2.45) is 0 Å². The summed E-state index contributed by atoms with van der Waals surface area (Å²) in [5.74, 6) is -0.539. The Morgan fingerprint density at radius 1 is 0.923 bits per heavy atom. The zero-order chi connectivity index (χ0) is 19.0. The fraction of sp³-hybridized carbons (Fsp3) is 0.238. The number of imide groups is 1. The predicted octanol–water partition coefficient (Wildman–Crippen LogP) is 4.86. The second kappa shape index (κ2) is 6.96. The molecule has 26 heavy (non-hydrogen) atoms. The number of rotatable bonds is 4. The van der Waals surface area contributed by atoms with Crippen LogP contribution in [-0.4, -0.2) is 11.8 Å². The van der Waals surface area contributed by atoms with Crippen molar-refractivity contribution in [3.05, 3.63) is 69.9 Å². The van der Waals surface area contributed by atoms with Crippen LogP contribution < -0.4 is 10.2 Å². The average molecular weight is 369 g/mol. The molecule has 0 atom stereocenters. The lowest BCUT2D eigenvalue weighted by atomic mass is 10.0. The van der Waals surface area contributed by atoms with Crippen LogP contribution >= 0.6 is 11.6 Å². The van der Waals surface area contributed by atoms with E-state index in [1.165, 1.54) is 5.56 Å². The maximum Gasteiger partial charge on any atom is 0.283 e. The van der Waals surface area contributed by atoms with Gasteiger partial charge in [-0.25, -0.2) is 4.90 Å². The van der Waals surface area contributed by atoms with Gasteiger partial charge in [0.15, 0.2) is 0 Å². The second-order valence-electron chi connectivity index (χ2n) is 6.88. The Hall–Kier alpha value is -2.59. The third-order valence-corrected chi connectivity index (χ3v) is 4.69. The number of hydrogen-bond acceptors (Lipinski definition) is 3. The zero-order valence-electron chi connectivity index (χ0n) is 15.3. The van der Waals surface area contributed by atoms with E-state index in [9.17, 15) is 9.59 Å². The minimum Gasteiger partial charge on any atom is -0.350 e. The molecule has 0 spiro atoms. The Balaban J connectivity index is 1.89. The van der Waals surface area contributed by atoms with Gasteiger partial charge in [0.2, 0.25) is 0 Å². The first-order valence-electron chi connectivity index (χ1n) is 8.51. The monoisotopic (exact) mass is 368 g/mol. The third-order valence-electron chi connectivity index (χ3n) is 4.34. The summed E-state index contributed by atoms with van der Waals surface area (Å²) in [4.78, 5) is 26.5. The molecule has 1 aliphatic rings. The van der Waals surface area contributed by atoms with Crippen molar-refractivity contribution in [1.82, 2.24) is 0 Å². The number of aryl methyl sites for hydroxylation is 2. The number of amides is 2. The van der Waals surface area contributed by atoms with E-state index in [0.29, 0.717) is 17.3 Å². The van der Waals surface area contributed by atoms with E-state index in [2.05, 4.69) is 19.2 Å². The molecule has 0 unspecified atom stereocenters. The van der Waals surface area contributed by atoms with Crippen LogP contribution in [0.25, 0.3) is 0 Å². The first kappa shape index (κ1) is 18.2. The number of carbonyl (C=O) groups is 2. The van der Waals surface area contributed by atoms with E-state index in [1.807, 2.05) is 44.2 Å². The third kappa shape index (κ3) is 3.37. The summed E-state index contributed by atoms with van der Waals surface area (Å²) in [5.41, 5.74) is 4.49. The number of nitrogens with one attached hydrogen (secondary N) is 1. The van der Waals surface area contributed by atoms with Gasteiger partial charge in [-0.2, -0.15) is 0 Å². The van der Waals surface area contributed by atoms with Crippen molar-refractivity contribution in [2.75, 3.05) is 10.2 Å². The topological polar surface area (TPSA) is 49.4 Å². The molecule has 0 fully saturated rings. The molecule has 0 radical (unpaired) electrons. The molecule has 2 aromatic carbocycles. The summed E-state index contributed by atoms with van der Waals surface area (Å²) in [7, 11) is 0. The summed E-state index contributed by atoms with van der Waals surface area (Å²) in [6.45, 7) is 8.07. The number of hydrogen-bond donors (Lipinski definition) is 1. The van der Waals surface area contributed by atoms with Gasteiger partial charge >= 0.3 is 0 Å². The van der Waals surface area contributed by atoms with Crippen molar-refractivity contribution >= 4 is 34.8 Å². The van der Waals surface area contributed by atoms with Crippen LogP contribution in [0.4, 0.5) is 11.4 Å². The van der Waals surface area contributed by atoms with Crippen LogP contribution in [0.3, 0.4) is 0 Å². The summed E-state index contributed by atoms with van der Waals surface area (Å²) < 4.78 is 0. The highest BCUT2D eigenvalue weighted by Crippen LogP contribution is 2.31. The van der Waals surface area contributed by atoms with Crippen LogP contribution in [0.15, 0.2) is 53.2 Å². The van der Waals surface area contributed by atoms with Crippen LogP contribution in [0.2, 0.25) is 0 Å². The Kier molecular flexibility index (Phi) is 4.88. The van der Waals surface area contributed by atoms with E-state index >= 15 is 0 Å². The van der Waals surface area contributed by atoms with Crippen molar-refractivity contribution in [3.8, 4) is 0 Å². The van der Waals surface area contributed by atoms with Crippen molar-refractivity contribution in [3.63, 3.8) is 0 Å². The fourth-order valence-electron chi connectivity index (χ4n) is 3.02. The van der Waals surface area contributed by atoms with Crippen LogP contribution in [0.1, 0.15) is 36.5 Å². The zero-order valence-corrected chi connectivity index (χ0v) is 16.0. The normalized spacial score (nSPS) is 14.6. The predicted molar refractivity (Wildman–Crippen MR) is 105 cm³/mol.